The van der Waals surface area contributed by atoms with Crippen LogP contribution >= 0.6 is 0 Å². The summed E-state index contributed by atoms with van der Waals surface area (Å²) in [5.74, 6) is 1.24. The predicted molar refractivity (Wildman–Crippen MR) is 87.0 cm³/mol. The lowest BCUT2D eigenvalue weighted by Crippen LogP contribution is -2.36. The van der Waals surface area contributed by atoms with Crippen molar-refractivity contribution in [1.82, 2.24) is 14.7 Å². The van der Waals surface area contributed by atoms with E-state index < -0.39 is 0 Å². The first kappa shape index (κ1) is 16.8. The Hall–Kier alpha value is -1.56. The number of nitrogens with one attached hydrogen (secondary N) is 1. The Morgan fingerprint density at radius 3 is 2.86 bits per heavy atom. The lowest BCUT2D eigenvalue weighted by molar-refractivity contribution is 0.0439. The largest absolute Gasteiger partial charge is 0.376 e. The summed E-state index contributed by atoms with van der Waals surface area (Å²) >= 11 is 0. The first-order valence-corrected chi connectivity index (χ1v) is 7.99. The number of anilines is 1. The van der Waals surface area contributed by atoms with Gasteiger partial charge in [0.2, 0.25) is 0 Å². The number of hydrogen-bond donors (Lipinski definition) is 1. The Kier molecular flexibility index (Phi) is 5.11. The third-order valence-corrected chi connectivity index (χ3v) is 3.61. The molecule has 0 radical (unpaired) electrons. The SMILES string of the molecule is CC(C)CO[C@@H]1CCN(C(=O)Nc2ccnn2C(C)(C)C)C1. The number of amides is 2. The Morgan fingerprint density at radius 1 is 1.50 bits per heavy atom. The van der Waals surface area contributed by atoms with E-state index in [2.05, 4.69) is 45.0 Å². The molecule has 0 aromatic carbocycles. The van der Waals surface area contributed by atoms with Crippen molar-refractivity contribution in [3.8, 4) is 0 Å². The van der Waals surface area contributed by atoms with Crippen LogP contribution in [0.1, 0.15) is 41.0 Å². The normalized spacial score (nSPS) is 19.0. The molecule has 0 spiro atoms. The van der Waals surface area contributed by atoms with E-state index in [0.29, 0.717) is 12.5 Å². The van der Waals surface area contributed by atoms with Crippen LogP contribution in [0.3, 0.4) is 0 Å². The number of rotatable bonds is 4. The van der Waals surface area contributed by atoms with Gasteiger partial charge in [-0.3, -0.25) is 5.32 Å². The van der Waals surface area contributed by atoms with Crippen molar-refractivity contribution >= 4 is 11.8 Å². The van der Waals surface area contributed by atoms with Gasteiger partial charge >= 0.3 is 6.03 Å². The van der Waals surface area contributed by atoms with Crippen molar-refractivity contribution in [3.05, 3.63) is 12.3 Å². The molecule has 1 aliphatic heterocycles. The predicted octanol–water partition coefficient (Wildman–Crippen LogP) is 2.92. The number of ether oxygens (including phenoxy) is 1. The molecule has 2 rings (SSSR count). The van der Waals surface area contributed by atoms with Gasteiger partial charge in [0.15, 0.2) is 0 Å². The molecule has 124 valence electrons. The minimum Gasteiger partial charge on any atom is -0.376 e. The monoisotopic (exact) mass is 308 g/mol. The highest BCUT2D eigenvalue weighted by Gasteiger charge is 2.28. The molecule has 2 heterocycles. The maximum absolute atomic E-state index is 12.4. The Bertz CT molecular complexity index is 504. The van der Waals surface area contributed by atoms with Gasteiger partial charge in [-0.25, -0.2) is 9.48 Å². The average Bonchev–Trinajstić information content (AvgIpc) is 3.03. The van der Waals surface area contributed by atoms with Crippen LogP contribution in [0.5, 0.6) is 0 Å². The topological polar surface area (TPSA) is 59.4 Å². The number of nitrogens with zero attached hydrogens (tertiary/aromatic N) is 3. The zero-order valence-electron chi connectivity index (χ0n) is 14.3. The van der Waals surface area contributed by atoms with Crippen molar-refractivity contribution in [2.45, 2.75) is 52.7 Å². The van der Waals surface area contributed by atoms with Gasteiger partial charge in [0, 0.05) is 25.8 Å². The Balaban J connectivity index is 1.90. The summed E-state index contributed by atoms with van der Waals surface area (Å²) in [5.41, 5.74) is -0.167. The van der Waals surface area contributed by atoms with Gasteiger partial charge in [0.25, 0.3) is 0 Å². The van der Waals surface area contributed by atoms with Gasteiger partial charge < -0.3 is 9.64 Å². The molecular weight excluding hydrogens is 280 g/mol. The van der Waals surface area contributed by atoms with Gasteiger partial charge in [0.1, 0.15) is 5.82 Å². The highest BCUT2D eigenvalue weighted by molar-refractivity contribution is 5.88. The van der Waals surface area contributed by atoms with Crippen molar-refractivity contribution in [3.63, 3.8) is 0 Å². The van der Waals surface area contributed by atoms with E-state index in [0.717, 1.165) is 25.4 Å². The summed E-state index contributed by atoms with van der Waals surface area (Å²) in [7, 11) is 0. The molecule has 1 aromatic heterocycles. The van der Waals surface area contributed by atoms with Crippen LogP contribution in [0, 0.1) is 5.92 Å². The van der Waals surface area contributed by atoms with Gasteiger partial charge in [-0.1, -0.05) is 13.8 Å². The summed E-state index contributed by atoms with van der Waals surface area (Å²) < 4.78 is 7.65. The van der Waals surface area contributed by atoms with Crippen LogP contribution in [0.15, 0.2) is 12.3 Å². The van der Waals surface area contributed by atoms with E-state index in [1.54, 1.807) is 6.20 Å². The van der Waals surface area contributed by atoms with E-state index in [9.17, 15) is 4.79 Å². The first-order chi connectivity index (χ1) is 10.3. The fourth-order valence-electron chi connectivity index (χ4n) is 2.50. The zero-order chi connectivity index (χ0) is 16.3. The zero-order valence-corrected chi connectivity index (χ0v) is 14.3. The molecule has 0 aliphatic carbocycles. The molecule has 1 N–H and O–H groups in total. The lowest BCUT2D eigenvalue weighted by Gasteiger charge is -2.24. The van der Waals surface area contributed by atoms with E-state index >= 15 is 0 Å². The Morgan fingerprint density at radius 2 is 2.23 bits per heavy atom. The molecule has 0 unspecified atom stereocenters. The number of carbonyl (C=O) groups is 1. The summed E-state index contributed by atoms with van der Waals surface area (Å²) in [6.45, 7) is 12.6. The molecule has 1 aromatic rings. The molecule has 0 bridgehead atoms. The van der Waals surface area contributed by atoms with Gasteiger partial charge in [-0.2, -0.15) is 5.10 Å². The van der Waals surface area contributed by atoms with Gasteiger partial charge in [-0.15, -0.1) is 0 Å². The third kappa shape index (κ3) is 4.22. The minimum atomic E-state index is -0.167. The maximum atomic E-state index is 12.4. The number of aromatic nitrogens is 2. The van der Waals surface area contributed by atoms with Crippen LogP contribution in [0.4, 0.5) is 10.6 Å². The number of likely N-dealkylation sites (tertiary alicyclic amines) is 1. The smallest absolute Gasteiger partial charge is 0.323 e. The lowest BCUT2D eigenvalue weighted by atomic mass is 10.1. The van der Waals surface area contributed by atoms with Crippen LogP contribution in [0.2, 0.25) is 0 Å². The molecule has 22 heavy (non-hydrogen) atoms. The molecule has 0 saturated carbocycles. The number of carbonyl (C=O) groups excluding carboxylic acids is 1. The minimum absolute atomic E-state index is 0.0818. The van der Waals surface area contributed by atoms with Gasteiger partial charge in [0.05, 0.1) is 17.8 Å². The molecule has 1 atom stereocenters. The van der Waals surface area contributed by atoms with E-state index in [1.807, 2.05) is 15.6 Å². The van der Waals surface area contributed by atoms with E-state index in [-0.39, 0.29) is 17.7 Å². The summed E-state index contributed by atoms with van der Waals surface area (Å²) in [6, 6.07) is 1.74. The average molecular weight is 308 g/mol. The molecular formula is C16H28N4O2. The first-order valence-electron chi connectivity index (χ1n) is 7.99. The highest BCUT2D eigenvalue weighted by Crippen LogP contribution is 2.20. The molecule has 6 nitrogen and oxygen atoms in total. The fourth-order valence-corrected chi connectivity index (χ4v) is 2.50. The molecule has 1 fully saturated rings. The second kappa shape index (κ2) is 6.69. The number of urea groups is 1. The molecule has 6 heteroatoms. The third-order valence-electron chi connectivity index (χ3n) is 3.61. The second-order valence-corrected chi connectivity index (χ2v) is 7.31. The summed E-state index contributed by atoms with van der Waals surface area (Å²) in [4.78, 5) is 14.2. The molecule has 1 aliphatic rings. The van der Waals surface area contributed by atoms with Crippen molar-refractivity contribution in [2.75, 3.05) is 25.0 Å². The second-order valence-electron chi connectivity index (χ2n) is 7.31. The number of hydrogen-bond acceptors (Lipinski definition) is 3. The summed E-state index contributed by atoms with van der Waals surface area (Å²) in [5, 5.41) is 7.25. The fraction of sp³-hybridized carbons (Fsp3) is 0.750. The van der Waals surface area contributed by atoms with E-state index in [1.165, 1.54) is 0 Å². The molecule has 1 saturated heterocycles. The van der Waals surface area contributed by atoms with E-state index in [4.69, 9.17) is 4.74 Å². The van der Waals surface area contributed by atoms with Crippen molar-refractivity contribution < 1.29 is 9.53 Å². The molecule has 2 amide bonds. The van der Waals surface area contributed by atoms with Gasteiger partial charge in [-0.05, 0) is 33.1 Å². The Labute approximate surface area is 132 Å². The van der Waals surface area contributed by atoms with Crippen LogP contribution in [0.25, 0.3) is 0 Å². The quantitative estimate of drug-likeness (QED) is 0.930. The highest BCUT2D eigenvalue weighted by atomic mass is 16.5. The maximum Gasteiger partial charge on any atom is 0.323 e. The summed E-state index contributed by atoms with van der Waals surface area (Å²) in [6.07, 6.45) is 2.76. The van der Waals surface area contributed by atoms with Crippen LogP contribution in [-0.4, -0.2) is 46.5 Å². The van der Waals surface area contributed by atoms with Crippen molar-refractivity contribution in [2.24, 2.45) is 5.92 Å². The van der Waals surface area contributed by atoms with Crippen LogP contribution < -0.4 is 5.32 Å². The van der Waals surface area contributed by atoms with Crippen molar-refractivity contribution in [1.29, 1.82) is 0 Å². The standard InChI is InChI=1S/C16H28N4O2/c1-12(2)11-22-13-7-9-19(10-13)15(21)18-14-6-8-17-20(14)16(3,4)5/h6,8,12-13H,7,9-11H2,1-5H3,(H,18,21)/t13-/m1/s1. The van der Waals surface area contributed by atoms with Crippen LogP contribution in [-0.2, 0) is 10.3 Å².